The smallest absolute Gasteiger partial charge is 0.294 e. The normalized spacial score (nSPS) is 10.6. The van der Waals surface area contributed by atoms with Gasteiger partial charge in [0.1, 0.15) is 0 Å². The molecule has 34 heavy (non-hydrogen) atoms. The molecule has 0 unspecified atom stereocenters. The zero-order chi connectivity index (χ0) is 23.8. The molecular weight excluding hydrogens is 424 g/mol. The number of anilines is 1. The quantitative estimate of drug-likeness (QED) is 0.373. The summed E-state index contributed by atoms with van der Waals surface area (Å²) >= 11 is 0. The van der Waals surface area contributed by atoms with Gasteiger partial charge in [-0.3, -0.25) is 9.59 Å². The number of carbonyl (C=O) groups excluding carboxylic acids is 2. The fourth-order valence-corrected chi connectivity index (χ4v) is 3.84. The topological polar surface area (TPSA) is 62.6 Å². The van der Waals surface area contributed by atoms with Crippen molar-refractivity contribution in [1.82, 2.24) is 5.32 Å². The average Bonchev–Trinajstić information content (AvgIpc) is 3.39. The van der Waals surface area contributed by atoms with Crippen molar-refractivity contribution in [3.8, 4) is 0 Å². The molecule has 0 atom stereocenters. The molecule has 0 radical (unpaired) electrons. The molecule has 0 fully saturated rings. The van der Waals surface area contributed by atoms with Gasteiger partial charge in [-0.25, -0.2) is 0 Å². The molecule has 4 aromatic rings. The van der Waals surface area contributed by atoms with Crippen LogP contribution in [0.1, 0.15) is 32.8 Å². The molecule has 0 aliphatic carbocycles. The number of hydrogen-bond donors (Lipinski definition) is 1. The molecule has 0 spiro atoms. The SMILES string of the molecule is Cc1cccc(CN(C(=O)c2ccco2)c2ccc(CC(=O)NCCc3ccccc3)cc2)c1. The first kappa shape index (κ1) is 23.1. The molecule has 1 heterocycles. The lowest BCUT2D eigenvalue weighted by atomic mass is 10.1. The first-order chi connectivity index (χ1) is 16.6. The molecule has 4 rings (SSSR count). The maximum absolute atomic E-state index is 13.2. The maximum Gasteiger partial charge on any atom is 0.294 e. The van der Waals surface area contributed by atoms with Crippen molar-refractivity contribution >= 4 is 17.5 Å². The van der Waals surface area contributed by atoms with E-state index in [1.165, 1.54) is 11.8 Å². The Bertz CT molecular complexity index is 1220. The van der Waals surface area contributed by atoms with E-state index in [1.54, 1.807) is 17.0 Å². The second-order valence-electron chi connectivity index (χ2n) is 8.29. The Labute approximate surface area is 200 Å². The van der Waals surface area contributed by atoms with E-state index in [2.05, 4.69) is 23.5 Å². The van der Waals surface area contributed by atoms with Crippen LogP contribution in [0, 0.1) is 6.92 Å². The molecule has 0 aliphatic rings. The van der Waals surface area contributed by atoms with Crippen LogP contribution in [0.2, 0.25) is 0 Å². The number of hydrogen-bond acceptors (Lipinski definition) is 3. The van der Waals surface area contributed by atoms with E-state index in [0.717, 1.165) is 28.8 Å². The van der Waals surface area contributed by atoms with E-state index < -0.39 is 0 Å². The van der Waals surface area contributed by atoms with Gasteiger partial charge in [-0.05, 0) is 54.3 Å². The summed E-state index contributed by atoms with van der Waals surface area (Å²) in [6.07, 6.45) is 2.59. The van der Waals surface area contributed by atoms with Gasteiger partial charge in [0, 0.05) is 12.2 Å². The molecule has 0 saturated carbocycles. The summed E-state index contributed by atoms with van der Waals surface area (Å²) in [7, 11) is 0. The third kappa shape index (κ3) is 6.23. The zero-order valence-corrected chi connectivity index (χ0v) is 19.2. The van der Waals surface area contributed by atoms with Crippen molar-refractivity contribution in [3.63, 3.8) is 0 Å². The lowest BCUT2D eigenvalue weighted by Crippen LogP contribution is -2.30. The third-order valence-electron chi connectivity index (χ3n) is 5.59. The molecule has 172 valence electrons. The molecule has 3 aromatic carbocycles. The lowest BCUT2D eigenvalue weighted by Gasteiger charge is -2.22. The largest absolute Gasteiger partial charge is 0.459 e. The molecule has 0 aliphatic heterocycles. The van der Waals surface area contributed by atoms with E-state index in [1.807, 2.05) is 67.6 Å². The number of carbonyl (C=O) groups is 2. The third-order valence-corrected chi connectivity index (χ3v) is 5.59. The molecule has 5 nitrogen and oxygen atoms in total. The van der Waals surface area contributed by atoms with Crippen molar-refractivity contribution in [1.29, 1.82) is 0 Å². The van der Waals surface area contributed by atoms with E-state index in [4.69, 9.17) is 4.42 Å². The highest BCUT2D eigenvalue weighted by molar-refractivity contribution is 6.04. The van der Waals surface area contributed by atoms with E-state index in [9.17, 15) is 9.59 Å². The predicted molar refractivity (Wildman–Crippen MR) is 134 cm³/mol. The molecule has 1 aromatic heterocycles. The number of nitrogens with one attached hydrogen (secondary N) is 1. The Morgan fingerprint density at radius 3 is 2.29 bits per heavy atom. The van der Waals surface area contributed by atoms with Crippen LogP contribution in [0.3, 0.4) is 0 Å². The van der Waals surface area contributed by atoms with Crippen molar-refractivity contribution in [2.24, 2.45) is 0 Å². The first-order valence-corrected chi connectivity index (χ1v) is 11.4. The molecule has 1 N–H and O–H groups in total. The van der Waals surface area contributed by atoms with Crippen LogP contribution in [-0.4, -0.2) is 18.4 Å². The molecule has 5 heteroatoms. The van der Waals surface area contributed by atoms with Gasteiger partial charge in [-0.15, -0.1) is 0 Å². The summed E-state index contributed by atoms with van der Waals surface area (Å²) in [5.41, 5.74) is 5.00. The lowest BCUT2D eigenvalue weighted by molar-refractivity contribution is -0.120. The van der Waals surface area contributed by atoms with Gasteiger partial charge in [0.05, 0.1) is 19.2 Å². The van der Waals surface area contributed by atoms with Crippen LogP contribution in [0.25, 0.3) is 0 Å². The Hall–Kier alpha value is -4.12. The molecule has 0 bridgehead atoms. The van der Waals surface area contributed by atoms with Gasteiger partial charge >= 0.3 is 0 Å². The fourth-order valence-electron chi connectivity index (χ4n) is 3.84. The minimum absolute atomic E-state index is 0.0213. The number of nitrogens with zero attached hydrogens (tertiary/aromatic N) is 1. The fraction of sp³-hybridized carbons (Fsp3) is 0.172. The summed E-state index contributed by atoms with van der Waals surface area (Å²) in [6, 6.07) is 29.1. The van der Waals surface area contributed by atoms with Gasteiger partial charge in [-0.1, -0.05) is 72.3 Å². The second kappa shape index (κ2) is 11.1. The number of amides is 2. The van der Waals surface area contributed by atoms with Gasteiger partial charge in [0.2, 0.25) is 5.91 Å². The Morgan fingerprint density at radius 2 is 1.59 bits per heavy atom. The van der Waals surface area contributed by atoms with Crippen LogP contribution in [0.4, 0.5) is 5.69 Å². The van der Waals surface area contributed by atoms with Crippen LogP contribution < -0.4 is 10.2 Å². The van der Waals surface area contributed by atoms with Gasteiger partial charge in [-0.2, -0.15) is 0 Å². The van der Waals surface area contributed by atoms with Crippen molar-refractivity contribution in [2.45, 2.75) is 26.3 Å². The maximum atomic E-state index is 13.2. The summed E-state index contributed by atoms with van der Waals surface area (Å²) in [4.78, 5) is 27.2. The number of aryl methyl sites for hydroxylation is 1. The standard InChI is InChI=1S/C29H28N2O3/c1-22-7-5-10-25(19-22)21-31(29(33)27-11-6-18-34-27)26-14-12-24(13-15-26)20-28(32)30-17-16-23-8-3-2-4-9-23/h2-15,18-19H,16-17,20-21H2,1H3,(H,30,32). The van der Waals surface area contributed by atoms with E-state index in [0.29, 0.717) is 19.5 Å². The highest BCUT2D eigenvalue weighted by Gasteiger charge is 2.20. The van der Waals surface area contributed by atoms with Crippen molar-refractivity contribution < 1.29 is 14.0 Å². The minimum atomic E-state index is -0.210. The van der Waals surface area contributed by atoms with Crippen LogP contribution >= 0.6 is 0 Å². The summed E-state index contributed by atoms with van der Waals surface area (Å²) in [5, 5.41) is 2.98. The Kier molecular flexibility index (Phi) is 7.56. The molecule has 0 saturated heterocycles. The second-order valence-corrected chi connectivity index (χ2v) is 8.29. The van der Waals surface area contributed by atoms with Crippen molar-refractivity contribution in [3.05, 3.63) is 125 Å². The van der Waals surface area contributed by atoms with Crippen molar-refractivity contribution in [2.75, 3.05) is 11.4 Å². The van der Waals surface area contributed by atoms with E-state index in [-0.39, 0.29) is 17.6 Å². The van der Waals surface area contributed by atoms with Gasteiger partial charge in [0.15, 0.2) is 5.76 Å². The zero-order valence-electron chi connectivity index (χ0n) is 19.2. The minimum Gasteiger partial charge on any atom is -0.459 e. The van der Waals surface area contributed by atoms with Crippen LogP contribution in [-0.2, 0) is 24.2 Å². The average molecular weight is 453 g/mol. The van der Waals surface area contributed by atoms with Crippen LogP contribution in [0.5, 0.6) is 0 Å². The highest BCUT2D eigenvalue weighted by atomic mass is 16.3. The van der Waals surface area contributed by atoms with Crippen LogP contribution in [0.15, 0.2) is 102 Å². The number of rotatable bonds is 9. The molecular formula is C29H28N2O3. The summed E-state index contributed by atoms with van der Waals surface area (Å²) in [6.45, 7) is 3.05. The predicted octanol–water partition coefficient (Wildman–Crippen LogP) is 5.34. The summed E-state index contributed by atoms with van der Waals surface area (Å²) in [5.74, 6) is 0.0550. The monoisotopic (exact) mass is 452 g/mol. The van der Waals surface area contributed by atoms with Gasteiger partial charge in [0.25, 0.3) is 5.91 Å². The van der Waals surface area contributed by atoms with E-state index >= 15 is 0 Å². The Balaban J connectivity index is 1.42. The first-order valence-electron chi connectivity index (χ1n) is 11.4. The number of benzene rings is 3. The molecule has 2 amide bonds. The summed E-state index contributed by atoms with van der Waals surface area (Å²) < 4.78 is 5.36. The Morgan fingerprint density at radius 1 is 0.824 bits per heavy atom. The highest BCUT2D eigenvalue weighted by Crippen LogP contribution is 2.22. The van der Waals surface area contributed by atoms with Gasteiger partial charge < -0.3 is 14.6 Å². The number of furan rings is 1.